The van der Waals surface area contributed by atoms with Crippen LogP contribution in [0.4, 0.5) is 0 Å². The van der Waals surface area contributed by atoms with Gasteiger partial charge in [-0.15, -0.1) is 11.8 Å². The number of likely N-dealkylation sites (tertiary alicyclic amines) is 1. The fraction of sp³-hybridized carbons (Fsp3) is 0.603. The van der Waals surface area contributed by atoms with Crippen LogP contribution in [0.5, 0.6) is 5.75 Å². The van der Waals surface area contributed by atoms with E-state index < -0.39 is 137 Å². The van der Waals surface area contributed by atoms with Crippen LogP contribution in [0, 0.1) is 0 Å². The van der Waals surface area contributed by atoms with Gasteiger partial charge in [0.2, 0.25) is 76.8 Å². The molecule has 0 aliphatic carbocycles. The summed E-state index contributed by atoms with van der Waals surface area (Å²) in [6, 6.07) is 6.66. The van der Waals surface area contributed by atoms with Crippen LogP contribution in [-0.4, -0.2) is 241 Å². The monoisotopic (exact) mass is 1510 g/mol. The number of unbranched alkanes of at least 4 members (excludes halogenated alkanes) is 3. The third-order valence-electron chi connectivity index (χ3n) is 17.2. The van der Waals surface area contributed by atoms with Gasteiger partial charge in [-0.1, -0.05) is 48.9 Å². The zero-order valence-electron chi connectivity index (χ0n) is 60.3. The molecule has 2 aliphatic rings. The molecule has 2 heterocycles. The molecule has 0 bridgehead atoms. The van der Waals surface area contributed by atoms with Crippen molar-refractivity contribution in [1.29, 1.82) is 0 Å². The SMILES string of the molecule is C[C@](CN)(CNCCN)NCCN[C@@](C)(CN)NC(=O)CCCC(=O)NC(Cc1ccc(O)cc1)C(=O)NCCCCCC(=O)NC(CSC1CC(=O)N(CCC(=O)NCCCCC2NC(=O)[C@@H](Cc3ccccc3)NC(=O)C(CC(=O)O)NC(=O)CNC(=O)C(CCCN=C(N)N)NC2=O)C1=O)C(N)=O. The minimum Gasteiger partial charge on any atom is -0.508 e. The van der Waals surface area contributed by atoms with E-state index in [2.05, 4.69) is 74.1 Å². The number of imide groups is 1. The summed E-state index contributed by atoms with van der Waals surface area (Å²) in [5.41, 5.74) is 34.1. The number of aliphatic imine (C=N–C) groups is 1. The predicted octanol–water partition coefficient (Wildman–Crippen LogP) is -6.15. The molecule has 13 amide bonds. The van der Waals surface area contributed by atoms with Crippen molar-refractivity contribution in [3.63, 3.8) is 0 Å². The van der Waals surface area contributed by atoms with Crippen molar-refractivity contribution in [1.82, 2.24) is 74.0 Å². The Kier molecular flexibility index (Phi) is 39.4. The number of rotatable bonds is 47. The number of primary amides is 1. The summed E-state index contributed by atoms with van der Waals surface area (Å²) in [5, 5.41) is 54.6. The van der Waals surface area contributed by atoms with Crippen molar-refractivity contribution in [2.45, 2.75) is 176 Å². The molecule has 2 aromatic rings. The second-order valence-electron chi connectivity index (χ2n) is 26.4. The smallest absolute Gasteiger partial charge is 0.305 e. The van der Waals surface area contributed by atoms with Gasteiger partial charge in [-0.05, 0) is 88.5 Å². The Balaban J connectivity index is 1.22. The molecule has 37 nitrogen and oxygen atoms in total. The van der Waals surface area contributed by atoms with Crippen LogP contribution < -0.4 is 104 Å². The van der Waals surface area contributed by atoms with Gasteiger partial charge in [-0.2, -0.15) is 0 Å². The molecule has 588 valence electrons. The first-order valence-electron chi connectivity index (χ1n) is 35.5. The summed E-state index contributed by atoms with van der Waals surface area (Å²) in [7, 11) is 0. The molecule has 2 fully saturated rings. The lowest BCUT2D eigenvalue weighted by atomic mass is 10.0. The zero-order chi connectivity index (χ0) is 78.2. The first-order chi connectivity index (χ1) is 50.5. The van der Waals surface area contributed by atoms with Gasteiger partial charge in [0.25, 0.3) is 0 Å². The number of thioether (sulfide) groups is 1. The number of carboxylic acids is 1. The van der Waals surface area contributed by atoms with Crippen molar-refractivity contribution in [2.75, 3.05) is 84.3 Å². The quantitative estimate of drug-likeness (QED) is 0.00964. The molecule has 4 rings (SSSR count). The summed E-state index contributed by atoms with van der Waals surface area (Å²) < 4.78 is 0. The number of nitrogens with zero attached hydrogens (tertiary/aromatic N) is 2. The van der Waals surface area contributed by atoms with Gasteiger partial charge in [0.15, 0.2) is 5.96 Å². The molecule has 2 aliphatic heterocycles. The van der Waals surface area contributed by atoms with E-state index in [0.29, 0.717) is 69.7 Å². The zero-order valence-corrected chi connectivity index (χ0v) is 61.1. The molecule has 0 radical (unpaired) electrons. The minimum absolute atomic E-state index is 0.00268. The number of nitrogens with two attached hydrogens (primary N) is 6. The average molecular weight is 1510 g/mol. The van der Waals surface area contributed by atoms with E-state index in [0.717, 1.165) is 16.7 Å². The molecule has 6 unspecified atom stereocenters. The van der Waals surface area contributed by atoms with Crippen molar-refractivity contribution in [3.8, 4) is 5.75 Å². The lowest BCUT2D eigenvalue weighted by Crippen LogP contribution is -2.63. The second-order valence-corrected chi connectivity index (χ2v) is 27.6. The highest BCUT2D eigenvalue weighted by molar-refractivity contribution is 8.00. The van der Waals surface area contributed by atoms with E-state index in [4.69, 9.17) is 34.4 Å². The van der Waals surface area contributed by atoms with Gasteiger partial charge in [-0.25, -0.2) is 0 Å². The topological polar surface area (TPSA) is 608 Å². The van der Waals surface area contributed by atoms with E-state index >= 15 is 0 Å². The molecule has 0 saturated carbocycles. The standard InChI is InChI=1S/C68H109N21O16S/c1-67(39-70,41-75-29-25-69)80-30-31-81-68(2,40-71)88-55(94)19-11-18-54(93)82-47(34-43-20-22-44(90)23-21-43)61(101)77-27-9-4-7-17-53(92)84-50(59(72)99)38-106-51-36-57(96)89(65(51)105)32-24-52(91)76-26-10-8-15-46-62(102)85-45(16-12-28-78-66(73)74)60(100)79-37-56(95)83-49(35-58(97)98)64(104)87-48(63(103)86-46)33-42-13-5-3-6-14-42/h3,5-6,13-14,20-23,45-51,75,80-81,90H,4,7-12,15-19,24-41,69-71H2,1-2H3,(H2,72,99)(H,76,91)(H,77,101)(H,79,100)(H,82,93)(H,83,95)(H,84,92)(H,85,102)(H,86,103)(H,87,104)(H,88,94)(H,97,98)(H4,73,74,78)/t45?,46?,47?,48-,49?,50?,51?,67+,68-/m1/s1. The fourth-order valence-electron chi connectivity index (χ4n) is 11.1. The molecule has 9 atom stereocenters. The van der Waals surface area contributed by atoms with Gasteiger partial charge in [0.05, 0.1) is 18.2 Å². The van der Waals surface area contributed by atoms with Crippen LogP contribution in [-0.2, 0) is 80.0 Å². The van der Waals surface area contributed by atoms with Gasteiger partial charge in [0, 0.05) is 128 Å². The largest absolute Gasteiger partial charge is 0.508 e. The van der Waals surface area contributed by atoms with E-state index in [1.807, 2.05) is 6.92 Å². The van der Waals surface area contributed by atoms with Gasteiger partial charge >= 0.3 is 5.97 Å². The van der Waals surface area contributed by atoms with Crippen LogP contribution in [0.25, 0.3) is 0 Å². The Morgan fingerprint density at radius 2 is 1.25 bits per heavy atom. The van der Waals surface area contributed by atoms with E-state index in [9.17, 15) is 77.3 Å². The number of carboxylic acid groups (broad SMARTS) is 1. The Labute approximate surface area is 620 Å². The highest BCUT2D eigenvalue weighted by atomic mass is 32.2. The van der Waals surface area contributed by atoms with Gasteiger partial charge < -0.3 is 108 Å². The fourth-order valence-corrected chi connectivity index (χ4v) is 12.3. The summed E-state index contributed by atoms with van der Waals surface area (Å²) >= 11 is 0.942. The third-order valence-corrected chi connectivity index (χ3v) is 18.5. The number of hydrogen-bond donors (Lipinski definition) is 21. The van der Waals surface area contributed by atoms with Crippen molar-refractivity contribution >= 4 is 100 Å². The van der Waals surface area contributed by atoms with Crippen molar-refractivity contribution in [3.05, 3.63) is 65.7 Å². The first-order valence-corrected chi connectivity index (χ1v) is 36.6. The van der Waals surface area contributed by atoms with Gasteiger partial charge in [0.1, 0.15) is 47.7 Å². The molecule has 27 N–H and O–H groups in total. The van der Waals surface area contributed by atoms with Crippen molar-refractivity contribution in [2.24, 2.45) is 39.4 Å². The number of phenolic OH excluding ortho intramolecular Hbond substituents is 1. The number of carbonyl (C=O) groups is 14. The number of phenols is 1. The number of carbonyl (C=O) groups excluding carboxylic acids is 13. The number of hydrogen-bond acceptors (Lipinski definition) is 23. The normalized spacial score (nSPS) is 19.0. The molecule has 38 heteroatoms. The Bertz CT molecular complexity index is 3300. The van der Waals surface area contributed by atoms with Crippen LogP contribution in [0.15, 0.2) is 59.6 Å². The number of aromatic hydroxyl groups is 1. The predicted molar refractivity (Wildman–Crippen MR) is 393 cm³/mol. The highest BCUT2D eigenvalue weighted by Crippen LogP contribution is 2.26. The highest BCUT2D eigenvalue weighted by Gasteiger charge is 2.40. The Morgan fingerprint density at radius 1 is 0.632 bits per heavy atom. The Morgan fingerprint density at radius 3 is 1.91 bits per heavy atom. The molecular formula is C68H109N21O16S. The van der Waals surface area contributed by atoms with Crippen molar-refractivity contribution < 1.29 is 77.3 Å². The maximum Gasteiger partial charge on any atom is 0.305 e. The Hall–Kier alpha value is -9.60. The molecule has 2 saturated heterocycles. The number of benzene rings is 2. The molecule has 0 spiro atoms. The van der Waals surface area contributed by atoms with Crippen LogP contribution in [0.2, 0.25) is 0 Å². The molecular weight excluding hydrogens is 1400 g/mol. The number of nitrogens with one attached hydrogen (secondary N) is 13. The van der Waals surface area contributed by atoms with Gasteiger partial charge in [-0.3, -0.25) is 82.3 Å². The summed E-state index contributed by atoms with van der Waals surface area (Å²) in [6.07, 6.45) is 0.345. The summed E-state index contributed by atoms with van der Waals surface area (Å²) in [6.45, 7) is 6.26. The minimum atomic E-state index is -1.68. The number of amides is 13. The number of guanidine groups is 1. The van der Waals surface area contributed by atoms with Crippen LogP contribution in [0.3, 0.4) is 0 Å². The van der Waals surface area contributed by atoms with E-state index in [1.165, 1.54) is 12.1 Å². The number of aliphatic carboxylic acids is 1. The maximum absolute atomic E-state index is 14.1. The molecule has 0 aromatic heterocycles. The first kappa shape index (κ1) is 88.8. The summed E-state index contributed by atoms with van der Waals surface area (Å²) in [4.78, 5) is 190. The average Bonchev–Trinajstić information content (AvgIpc) is 1.66. The van der Waals surface area contributed by atoms with E-state index in [-0.39, 0.29) is 145 Å². The lowest BCUT2D eigenvalue weighted by Gasteiger charge is -2.33. The lowest BCUT2D eigenvalue weighted by molar-refractivity contribution is -0.141. The van der Waals surface area contributed by atoms with Crippen LogP contribution >= 0.6 is 11.8 Å². The summed E-state index contributed by atoms with van der Waals surface area (Å²) in [5.74, 6) is -10.7. The molecule has 2 aromatic carbocycles. The maximum atomic E-state index is 14.1. The molecule has 106 heavy (non-hydrogen) atoms. The second kappa shape index (κ2) is 47.1. The van der Waals surface area contributed by atoms with E-state index in [1.54, 1.807) is 49.4 Å². The third kappa shape index (κ3) is 34.1. The van der Waals surface area contributed by atoms with Crippen LogP contribution in [0.1, 0.15) is 121 Å².